The van der Waals surface area contributed by atoms with Crippen molar-refractivity contribution in [3.63, 3.8) is 0 Å². The molecule has 0 aliphatic heterocycles. The Morgan fingerprint density at radius 1 is 1.22 bits per heavy atom. The molecule has 0 radical (unpaired) electrons. The van der Waals surface area contributed by atoms with E-state index in [0.29, 0.717) is 12.8 Å². The molecule has 102 valence electrons. The normalized spacial score (nSPS) is 11.2. The summed E-state index contributed by atoms with van der Waals surface area (Å²) in [5.41, 5.74) is 0. The zero-order valence-corrected chi connectivity index (χ0v) is 10.7. The fraction of sp³-hybridized carbons (Fsp3) is 0.583. The van der Waals surface area contributed by atoms with Crippen LogP contribution in [0.3, 0.4) is 0 Å². The van der Waals surface area contributed by atoms with Crippen LogP contribution in [0.2, 0.25) is 0 Å². The summed E-state index contributed by atoms with van der Waals surface area (Å²) in [5.74, 6) is -1.37. The van der Waals surface area contributed by atoms with Gasteiger partial charge in [0.2, 0.25) is 5.91 Å². The van der Waals surface area contributed by atoms with Crippen molar-refractivity contribution in [2.75, 3.05) is 14.2 Å². The standard InChI is InChI=1S/C12H19NO5/c1-4-5-6-9(12(16)18-3)13-10(14)7-8-11(15)17-2/h4,9H,1,5-8H2,2-3H3,(H,13,14)/t9-/m0/s1. The number of ether oxygens (including phenoxy) is 2. The van der Waals surface area contributed by atoms with E-state index in [0.717, 1.165) is 0 Å². The number of allylic oxidation sites excluding steroid dienone is 1. The molecule has 0 saturated carbocycles. The quantitative estimate of drug-likeness (QED) is 0.507. The molecule has 1 atom stereocenters. The molecule has 0 aliphatic carbocycles. The predicted molar refractivity (Wildman–Crippen MR) is 64.6 cm³/mol. The minimum absolute atomic E-state index is 0.0162. The van der Waals surface area contributed by atoms with Gasteiger partial charge in [-0.05, 0) is 12.8 Å². The number of rotatable bonds is 8. The Bertz CT molecular complexity index is 314. The third-order valence-corrected chi connectivity index (χ3v) is 2.26. The summed E-state index contributed by atoms with van der Waals surface area (Å²) in [7, 11) is 2.51. The van der Waals surface area contributed by atoms with Crippen molar-refractivity contribution in [3.8, 4) is 0 Å². The topological polar surface area (TPSA) is 81.7 Å². The van der Waals surface area contributed by atoms with Gasteiger partial charge in [0.15, 0.2) is 0 Å². The van der Waals surface area contributed by atoms with Gasteiger partial charge in [0, 0.05) is 6.42 Å². The molecule has 0 rings (SSSR count). The molecule has 0 unspecified atom stereocenters. The highest BCUT2D eigenvalue weighted by molar-refractivity contribution is 5.86. The molecule has 1 amide bonds. The van der Waals surface area contributed by atoms with Crippen molar-refractivity contribution < 1.29 is 23.9 Å². The highest BCUT2D eigenvalue weighted by Crippen LogP contribution is 2.02. The Morgan fingerprint density at radius 3 is 2.39 bits per heavy atom. The maximum atomic E-state index is 11.5. The Morgan fingerprint density at radius 2 is 1.89 bits per heavy atom. The van der Waals surface area contributed by atoms with E-state index in [-0.39, 0.29) is 18.7 Å². The van der Waals surface area contributed by atoms with Gasteiger partial charge in [0.1, 0.15) is 6.04 Å². The van der Waals surface area contributed by atoms with E-state index in [1.807, 2.05) is 0 Å². The number of carbonyl (C=O) groups excluding carboxylic acids is 3. The van der Waals surface area contributed by atoms with Crippen molar-refractivity contribution in [1.82, 2.24) is 5.32 Å². The summed E-state index contributed by atoms with van der Waals surface area (Å²) in [5, 5.41) is 2.51. The lowest BCUT2D eigenvalue weighted by molar-refractivity contribution is -0.145. The molecule has 0 bridgehead atoms. The van der Waals surface area contributed by atoms with Crippen LogP contribution >= 0.6 is 0 Å². The average molecular weight is 257 g/mol. The van der Waals surface area contributed by atoms with Crippen molar-refractivity contribution in [3.05, 3.63) is 12.7 Å². The lowest BCUT2D eigenvalue weighted by Crippen LogP contribution is -2.41. The number of esters is 2. The second-order valence-corrected chi connectivity index (χ2v) is 3.59. The molecule has 6 heteroatoms. The van der Waals surface area contributed by atoms with Crippen LogP contribution in [-0.4, -0.2) is 38.1 Å². The molecule has 0 aromatic heterocycles. The van der Waals surface area contributed by atoms with Gasteiger partial charge in [0.05, 0.1) is 20.6 Å². The lowest BCUT2D eigenvalue weighted by Gasteiger charge is -2.15. The van der Waals surface area contributed by atoms with Crippen molar-refractivity contribution >= 4 is 17.8 Å². The van der Waals surface area contributed by atoms with Gasteiger partial charge < -0.3 is 14.8 Å². The number of methoxy groups -OCH3 is 2. The molecule has 0 aliphatic rings. The van der Waals surface area contributed by atoms with Gasteiger partial charge in [-0.2, -0.15) is 0 Å². The molecule has 18 heavy (non-hydrogen) atoms. The van der Waals surface area contributed by atoms with E-state index in [1.165, 1.54) is 14.2 Å². The van der Waals surface area contributed by atoms with Crippen LogP contribution in [-0.2, 0) is 23.9 Å². The highest BCUT2D eigenvalue weighted by Gasteiger charge is 2.20. The largest absolute Gasteiger partial charge is 0.469 e. The summed E-state index contributed by atoms with van der Waals surface area (Å²) < 4.78 is 8.99. The summed E-state index contributed by atoms with van der Waals surface area (Å²) >= 11 is 0. The number of carbonyl (C=O) groups is 3. The zero-order chi connectivity index (χ0) is 14.0. The van der Waals surface area contributed by atoms with Crippen molar-refractivity contribution in [2.24, 2.45) is 0 Å². The van der Waals surface area contributed by atoms with Gasteiger partial charge >= 0.3 is 11.9 Å². The first-order chi connectivity index (χ1) is 8.54. The van der Waals surface area contributed by atoms with E-state index >= 15 is 0 Å². The maximum Gasteiger partial charge on any atom is 0.328 e. The number of hydrogen-bond donors (Lipinski definition) is 1. The van der Waals surface area contributed by atoms with Crippen molar-refractivity contribution in [1.29, 1.82) is 0 Å². The van der Waals surface area contributed by atoms with Gasteiger partial charge in [0.25, 0.3) is 0 Å². The Kier molecular flexibility index (Phi) is 8.26. The summed E-state index contributed by atoms with van der Waals surface area (Å²) in [4.78, 5) is 33.7. The van der Waals surface area contributed by atoms with Gasteiger partial charge in [-0.15, -0.1) is 6.58 Å². The lowest BCUT2D eigenvalue weighted by atomic mass is 10.1. The molecular weight excluding hydrogens is 238 g/mol. The van der Waals surface area contributed by atoms with Crippen LogP contribution in [0.15, 0.2) is 12.7 Å². The fourth-order valence-corrected chi connectivity index (χ4v) is 1.26. The minimum Gasteiger partial charge on any atom is -0.469 e. The molecule has 0 aromatic rings. The van der Waals surface area contributed by atoms with Crippen LogP contribution in [0.4, 0.5) is 0 Å². The smallest absolute Gasteiger partial charge is 0.328 e. The average Bonchev–Trinajstić information content (AvgIpc) is 2.39. The molecule has 1 N–H and O–H groups in total. The molecule has 0 saturated heterocycles. The van der Waals surface area contributed by atoms with E-state index in [2.05, 4.69) is 21.4 Å². The zero-order valence-electron chi connectivity index (χ0n) is 10.7. The van der Waals surface area contributed by atoms with E-state index in [1.54, 1.807) is 6.08 Å². The highest BCUT2D eigenvalue weighted by atomic mass is 16.5. The predicted octanol–water partition coefficient (Wildman–Crippen LogP) is 0.564. The Hall–Kier alpha value is -1.85. The number of amides is 1. The first-order valence-corrected chi connectivity index (χ1v) is 5.60. The summed E-state index contributed by atoms with van der Waals surface area (Å²) in [6.07, 6.45) is 2.61. The monoisotopic (exact) mass is 257 g/mol. The first-order valence-electron chi connectivity index (χ1n) is 5.60. The van der Waals surface area contributed by atoms with Crippen LogP contribution in [0.1, 0.15) is 25.7 Å². The van der Waals surface area contributed by atoms with Gasteiger partial charge in [-0.3, -0.25) is 9.59 Å². The molecule has 6 nitrogen and oxygen atoms in total. The number of nitrogens with one attached hydrogen (secondary N) is 1. The second-order valence-electron chi connectivity index (χ2n) is 3.59. The van der Waals surface area contributed by atoms with E-state index < -0.39 is 18.0 Å². The molecule has 0 fully saturated rings. The van der Waals surface area contributed by atoms with E-state index in [9.17, 15) is 14.4 Å². The fourth-order valence-electron chi connectivity index (χ4n) is 1.26. The van der Waals surface area contributed by atoms with Crippen LogP contribution in [0.25, 0.3) is 0 Å². The molecular formula is C12H19NO5. The number of hydrogen-bond acceptors (Lipinski definition) is 5. The SMILES string of the molecule is C=CCC[C@H](NC(=O)CCC(=O)OC)C(=O)OC. The molecule has 0 heterocycles. The Balaban J connectivity index is 4.21. The third kappa shape index (κ3) is 6.67. The van der Waals surface area contributed by atoms with Gasteiger partial charge in [-0.25, -0.2) is 4.79 Å². The van der Waals surface area contributed by atoms with Gasteiger partial charge in [-0.1, -0.05) is 6.08 Å². The Labute approximate surface area is 106 Å². The van der Waals surface area contributed by atoms with Crippen LogP contribution in [0, 0.1) is 0 Å². The maximum absolute atomic E-state index is 11.5. The molecule has 0 spiro atoms. The van der Waals surface area contributed by atoms with Crippen molar-refractivity contribution in [2.45, 2.75) is 31.7 Å². The summed E-state index contributed by atoms with van der Waals surface area (Å²) in [6, 6.07) is -0.710. The van der Waals surface area contributed by atoms with Crippen LogP contribution in [0.5, 0.6) is 0 Å². The minimum atomic E-state index is -0.710. The summed E-state index contributed by atoms with van der Waals surface area (Å²) in [6.45, 7) is 3.54. The van der Waals surface area contributed by atoms with Crippen LogP contribution < -0.4 is 5.32 Å². The molecule has 0 aromatic carbocycles. The van der Waals surface area contributed by atoms with E-state index in [4.69, 9.17) is 0 Å². The second kappa shape index (κ2) is 9.21. The first kappa shape index (κ1) is 16.1. The third-order valence-electron chi connectivity index (χ3n) is 2.26.